The lowest BCUT2D eigenvalue weighted by molar-refractivity contribution is 0.214. The van der Waals surface area contributed by atoms with Crippen LogP contribution in [0.4, 0.5) is 0 Å². The van der Waals surface area contributed by atoms with Crippen molar-refractivity contribution in [3.63, 3.8) is 0 Å². The van der Waals surface area contributed by atoms with Crippen molar-refractivity contribution in [1.29, 1.82) is 0 Å². The summed E-state index contributed by atoms with van der Waals surface area (Å²) in [7, 11) is 0. The summed E-state index contributed by atoms with van der Waals surface area (Å²) < 4.78 is 1.10. The van der Waals surface area contributed by atoms with Crippen LogP contribution in [0.15, 0.2) is 28.7 Å². The minimum absolute atomic E-state index is 0.272. The Bertz CT molecular complexity index is 299. The molecule has 1 fully saturated rings. The Hall–Kier alpha value is -0.380. The summed E-state index contributed by atoms with van der Waals surface area (Å²) >= 11 is 3.42. The highest BCUT2D eigenvalue weighted by atomic mass is 79.9. The first-order valence-corrected chi connectivity index (χ1v) is 5.70. The summed E-state index contributed by atoms with van der Waals surface area (Å²) in [4.78, 5) is 0. The first kappa shape index (κ1) is 10.1. The van der Waals surface area contributed by atoms with Crippen LogP contribution in [0.25, 0.3) is 0 Å². The molecular weight excluding hydrogens is 242 g/mol. The lowest BCUT2D eigenvalue weighted by Crippen LogP contribution is -2.19. The fourth-order valence-electron chi connectivity index (χ4n) is 2.01. The number of hydrogen-bond donors (Lipinski definition) is 2. The van der Waals surface area contributed by atoms with Crippen LogP contribution in [-0.4, -0.2) is 18.3 Å². The number of nitrogens with one attached hydrogen (secondary N) is 1. The average molecular weight is 256 g/mol. The smallest absolute Gasteiger partial charge is 0.0477 e. The lowest BCUT2D eigenvalue weighted by Gasteiger charge is -2.17. The molecule has 0 unspecified atom stereocenters. The van der Waals surface area contributed by atoms with E-state index in [4.69, 9.17) is 0 Å². The fourth-order valence-corrected chi connectivity index (χ4v) is 2.28. The molecule has 0 radical (unpaired) electrons. The highest BCUT2D eigenvalue weighted by Crippen LogP contribution is 2.29. The second-order valence-electron chi connectivity index (χ2n) is 3.71. The Morgan fingerprint density at radius 1 is 1.36 bits per heavy atom. The number of hydrogen-bond acceptors (Lipinski definition) is 2. The first-order chi connectivity index (χ1) is 6.81. The van der Waals surface area contributed by atoms with Crippen LogP contribution >= 0.6 is 15.9 Å². The van der Waals surface area contributed by atoms with Gasteiger partial charge in [-0.15, -0.1) is 0 Å². The van der Waals surface area contributed by atoms with Gasteiger partial charge >= 0.3 is 0 Å². The minimum Gasteiger partial charge on any atom is -0.396 e. The second-order valence-corrected chi connectivity index (χ2v) is 4.63. The molecule has 2 atom stereocenters. The molecular formula is C11H14BrNO. The van der Waals surface area contributed by atoms with Crippen molar-refractivity contribution in [2.75, 3.05) is 13.2 Å². The van der Waals surface area contributed by atoms with Gasteiger partial charge in [-0.3, -0.25) is 0 Å². The normalized spacial score (nSPS) is 26.7. The third-order valence-corrected chi connectivity index (χ3v) is 3.34. The maximum absolute atomic E-state index is 9.20. The van der Waals surface area contributed by atoms with Gasteiger partial charge in [0.2, 0.25) is 0 Å². The quantitative estimate of drug-likeness (QED) is 0.849. The van der Waals surface area contributed by atoms with Gasteiger partial charge in [-0.05, 0) is 30.7 Å². The molecule has 1 aliphatic heterocycles. The monoisotopic (exact) mass is 255 g/mol. The van der Waals surface area contributed by atoms with E-state index in [2.05, 4.69) is 33.4 Å². The summed E-state index contributed by atoms with van der Waals surface area (Å²) in [6.45, 7) is 1.28. The van der Waals surface area contributed by atoms with Gasteiger partial charge < -0.3 is 10.4 Å². The van der Waals surface area contributed by atoms with Crippen LogP contribution in [0.3, 0.4) is 0 Å². The predicted octanol–water partition coefficient (Wildman–Crippen LogP) is 2.09. The van der Waals surface area contributed by atoms with Crippen LogP contribution in [0.5, 0.6) is 0 Å². The highest BCUT2D eigenvalue weighted by Gasteiger charge is 2.26. The molecule has 2 rings (SSSR count). The van der Waals surface area contributed by atoms with Crippen LogP contribution in [-0.2, 0) is 0 Å². The first-order valence-electron chi connectivity index (χ1n) is 4.91. The van der Waals surface area contributed by atoms with Gasteiger partial charge in [-0.1, -0.05) is 28.1 Å². The molecule has 1 aromatic rings. The van der Waals surface area contributed by atoms with Gasteiger partial charge in [0.15, 0.2) is 0 Å². The fraction of sp³-hybridized carbons (Fsp3) is 0.455. The van der Waals surface area contributed by atoms with E-state index in [1.807, 2.05) is 12.1 Å². The van der Waals surface area contributed by atoms with Gasteiger partial charge in [-0.25, -0.2) is 0 Å². The third-order valence-electron chi connectivity index (χ3n) is 2.81. The molecule has 0 saturated carbocycles. The molecule has 0 aliphatic carbocycles. The largest absolute Gasteiger partial charge is 0.396 e. The molecule has 2 N–H and O–H groups in total. The molecule has 0 amide bonds. The van der Waals surface area contributed by atoms with Crippen molar-refractivity contribution < 1.29 is 5.11 Å². The molecule has 14 heavy (non-hydrogen) atoms. The zero-order valence-corrected chi connectivity index (χ0v) is 9.50. The molecule has 3 heteroatoms. The average Bonchev–Trinajstić information content (AvgIpc) is 2.67. The van der Waals surface area contributed by atoms with Crippen molar-refractivity contribution in [2.24, 2.45) is 5.92 Å². The van der Waals surface area contributed by atoms with E-state index in [0.717, 1.165) is 17.4 Å². The lowest BCUT2D eigenvalue weighted by atomic mass is 9.95. The van der Waals surface area contributed by atoms with Crippen molar-refractivity contribution in [3.8, 4) is 0 Å². The molecule has 0 aromatic heterocycles. The summed E-state index contributed by atoms with van der Waals surface area (Å²) in [6, 6.07) is 8.63. The van der Waals surface area contributed by atoms with Gasteiger partial charge in [0.1, 0.15) is 0 Å². The van der Waals surface area contributed by atoms with Gasteiger partial charge in [0, 0.05) is 23.0 Å². The zero-order chi connectivity index (χ0) is 9.97. The molecule has 2 nitrogen and oxygen atoms in total. The van der Waals surface area contributed by atoms with E-state index in [1.54, 1.807) is 0 Å². The van der Waals surface area contributed by atoms with Crippen LogP contribution in [0, 0.1) is 5.92 Å². The Morgan fingerprint density at radius 3 is 2.71 bits per heavy atom. The standard InChI is InChI=1S/C11H14BrNO/c12-10-3-1-8(2-4-10)11-9(7-14)5-6-13-11/h1-4,9,11,13-14H,5-7H2/t9-,11+/m0/s1. The van der Waals surface area contributed by atoms with Crippen molar-refractivity contribution >= 4 is 15.9 Å². The maximum atomic E-state index is 9.20. The SMILES string of the molecule is OC[C@@H]1CCN[C@@H]1c1ccc(Br)cc1. The van der Waals surface area contributed by atoms with Crippen LogP contribution in [0.1, 0.15) is 18.0 Å². The van der Waals surface area contributed by atoms with E-state index in [-0.39, 0.29) is 6.61 Å². The molecule has 0 spiro atoms. The zero-order valence-electron chi connectivity index (χ0n) is 7.91. The highest BCUT2D eigenvalue weighted by molar-refractivity contribution is 9.10. The third kappa shape index (κ3) is 2.00. The molecule has 1 aliphatic rings. The molecule has 1 saturated heterocycles. The Morgan fingerprint density at radius 2 is 2.07 bits per heavy atom. The van der Waals surface area contributed by atoms with Crippen LogP contribution in [0.2, 0.25) is 0 Å². The summed E-state index contributed by atoms with van der Waals surface area (Å²) in [5.74, 6) is 0.371. The van der Waals surface area contributed by atoms with Crippen molar-refractivity contribution in [3.05, 3.63) is 34.3 Å². The van der Waals surface area contributed by atoms with Gasteiger partial charge in [0.05, 0.1) is 0 Å². The maximum Gasteiger partial charge on any atom is 0.0477 e. The van der Waals surface area contributed by atoms with E-state index >= 15 is 0 Å². The van der Waals surface area contributed by atoms with E-state index in [9.17, 15) is 5.11 Å². The number of benzene rings is 1. The van der Waals surface area contributed by atoms with E-state index < -0.39 is 0 Å². The van der Waals surface area contributed by atoms with Crippen molar-refractivity contribution in [2.45, 2.75) is 12.5 Å². The molecule has 0 bridgehead atoms. The number of aliphatic hydroxyl groups is 1. The summed E-state index contributed by atoms with van der Waals surface area (Å²) in [6.07, 6.45) is 1.07. The summed E-state index contributed by atoms with van der Waals surface area (Å²) in [5.41, 5.74) is 1.27. The second kappa shape index (κ2) is 4.43. The van der Waals surface area contributed by atoms with E-state index in [1.165, 1.54) is 5.56 Å². The predicted molar refractivity (Wildman–Crippen MR) is 60.1 cm³/mol. The summed E-state index contributed by atoms with van der Waals surface area (Å²) in [5, 5.41) is 12.6. The number of rotatable bonds is 2. The van der Waals surface area contributed by atoms with E-state index in [0.29, 0.717) is 12.0 Å². The molecule has 76 valence electrons. The molecule has 1 aromatic carbocycles. The topological polar surface area (TPSA) is 32.3 Å². The minimum atomic E-state index is 0.272. The van der Waals surface area contributed by atoms with Gasteiger partial charge in [0.25, 0.3) is 0 Å². The number of aliphatic hydroxyl groups excluding tert-OH is 1. The number of halogens is 1. The van der Waals surface area contributed by atoms with Crippen LogP contribution < -0.4 is 5.32 Å². The Kier molecular flexibility index (Phi) is 3.21. The Labute approximate surface area is 92.5 Å². The van der Waals surface area contributed by atoms with Crippen molar-refractivity contribution in [1.82, 2.24) is 5.32 Å². The van der Waals surface area contributed by atoms with Gasteiger partial charge in [-0.2, -0.15) is 0 Å². The molecule has 1 heterocycles. The Balaban J connectivity index is 2.17.